The fourth-order valence-corrected chi connectivity index (χ4v) is 2.11. The maximum Gasteiger partial charge on any atom is 0.314 e. The van der Waals surface area contributed by atoms with Crippen LogP contribution in [-0.4, -0.2) is 18.2 Å². The molecule has 16 heavy (non-hydrogen) atoms. The minimum absolute atomic E-state index is 0.0648. The SMILES string of the molecule is COc1c(Cl)ccc(F)c1C1(C(=O)O)CC1. The van der Waals surface area contributed by atoms with Crippen LogP contribution in [0.3, 0.4) is 0 Å². The van der Waals surface area contributed by atoms with Gasteiger partial charge in [-0.3, -0.25) is 4.79 Å². The molecule has 0 aromatic heterocycles. The van der Waals surface area contributed by atoms with E-state index in [1.54, 1.807) is 0 Å². The second kappa shape index (κ2) is 3.63. The molecule has 0 atom stereocenters. The van der Waals surface area contributed by atoms with E-state index >= 15 is 0 Å². The molecule has 1 fully saturated rings. The number of aliphatic carboxylic acids is 1. The van der Waals surface area contributed by atoms with E-state index in [4.69, 9.17) is 21.4 Å². The van der Waals surface area contributed by atoms with Crippen LogP contribution in [0.25, 0.3) is 0 Å². The van der Waals surface area contributed by atoms with E-state index in [1.165, 1.54) is 19.2 Å². The molecule has 1 N–H and O–H groups in total. The summed E-state index contributed by atoms with van der Waals surface area (Å²) in [5.41, 5.74) is -1.09. The first kappa shape index (κ1) is 11.2. The summed E-state index contributed by atoms with van der Waals surface area (Å²) in [6, 6.07) is 2.53. The summed E-state index contributed by atoms with van der Waals surface area (Å²) in [7, 11) is 1.35. The van der Waals surface area contributed by atoms with E-state index in [2.05, 4.69) is 0 Å². The van der Waals surface area contributed by atoms with Gasteiger partial charge in [0.15, 0.2) is 0 Å². The normalized spacial score (nSPS) is 16.9. The number of hydrogen-bond acceptors (Lipinski definition) is 2. The van der Waals surface area contributed by atoms with Crippen molar-refractivity contribution in [2.24, 2.45) is 0 Å². The standard InChI is InChI=1S/C11H10ClFO3/c1-16-9-6(12)2-3-7(13)8(9)11(4-5-11)10(14)15/h2-3H,4-5H2,1H3,(H,14,15). The Morgan fingerprint density at radius 2 is 2.19 bits per heavy atom. The second-order valence-electron chi connectivity index (χ2n) is 3.82. The molecule has 0 spiro atoms. The van der Waals surface area contributed by atoms with Crippen molar-refractivity contribution in [2.45, 2.75) is 18.3 Å². The summed E-state index contributed by atoms with van der Waals surface area (Å²) < 4.78 is 18.7. The zero-order valence-corrected chi connectivity index (χ0v) is 9.34. The molecular formula is C11H10ClFO3. The molecule has 0 unspecified atom stereocenters. The van der Waals surface area contributed by atoms with Crippen LogP contribution in [0.2, 0.25) is 5.02 Å². The van der Waals surface area contributed by atoms with Crippen LogP contribution in [0.5, 0.6) is 5.75 Å². The third-order valence-corrected chi connectivity index (χ3v) is 3.20. The van der Waals surface area contributed by atoms with E-state index in [1.807, 2.05) is 0 Å². The number of rotatable bonds is 3. The number of benzene rings is 1. The molecule has 0 saturated heterocycles. The lowest BCUT2D eigenvalue weighted by Gasteiger charge is -2.16. The number of hydrogen-bond donors (Lipinski definition) is 1. The van der Waals surface area contributed by atoms with Crippen LogP contribution in [0.1, 0.15) is 18.4 Å². The van der Waals surface area contributed by atoms with Gasteiger partial charge < -0.3 is 9.84 Å². The Morgan fingerprint density at radius 1 is 1.56 bits per heavy atom. The molecule has 1 aliphatic rings. The number of carboxylic acids is 1. The number of carbonyl (C=O) groups is 1. The highest BCUT2D eigenvalue weighted by Crippen LogP contribution is 2.53. The maximum absolute atomic E-state index is 13.7. The van der Waals surface area contributed by atoms with Gasteiger partial charge in [0.25, 0.3) is 0 Å². The van der Waals surface area contributed by atoms with Crippen molar-refractivity contribution in [3.63, 3.8) is 0 Å². The Hall–Kier alpha value is -1.29. The lowest BCUT2D eigenvalue weighted by Crippen LogP contribution is -2.22. The predicted octanol–water partition coefficient (Wildman–Crippen LogP) is 2.60. The topological polar surface area (TPSA) is 46.5 Å². The number of ether oxygens (including phenoxy) is 1. The van der Waals surface area contributed by atoms with Gasteiger partial charge in [-0.05, 0) is 25.0 Å². The van der Waals surface area contributed by atoms with Crippen molar-refractivity contribution < 1.29 is 19.0 Å². The number of methoxy groups -OCH3 is 1. The van der Waals surface area contributed by atoms with Gasteiger partial charge in [-0.1, -0.05) is 11.6 Å². The van der Waals surface area contributed by atoms with Crippen LogP contribution < -0.4 is 4.74 Å². The molecule has 5 heteroatoms. The summed E-state index contributed by atoms with van der Waals surface area (Å²) in [6.45, 7) is 0. The van der Waals surface area contributed by atoms with Crippen LogP contribution in [0.4, 0.5) is 4.39 Å². The fourth-order valence-electron chi connectivity index (χ4n) is 1.87. The summed E-state index contributed by atoms with van der Waals surface area (Å²) in [5.74, 6) is -1.49. The van der Waals surface area contributed by atoms with Gasteiger partial charge in [0.05, 0.1) is 17.5 Å². The van der Waals surface area contributed by atoms with Crippen molar-refractivity contribution >= 4 is 17.6 Å². The number of carboxylic acid groups (broad SMARTS) is 1. The molecule has 0 radical (unpaired) electrons. The Kier molecular flexibility index (Phi) is 2.54. The molecule has 2 rings (SSSR count). The molecule has 0 heterocycles. The maximum atomic E-state index is 13.7. The lowest BCUT2D eigenvalue weighted by molar-refractivity contribution is -0.140. The number of halogens is 2. The van der Waals surface area contributed by atoms with Gasteiger partial charge in [0.1, 0.15) is 11.6 Å². The van der Waals surface area contributed by atoms with Crippen LogP contribution in [0.15, 0.2) is 12.1 Å². The molecule has 1 aliphatic carbocycles. The van der Waals surface area contributed by atoms with Gasteiger partial charge in [-0.2, -0.15) is 0 Å². The van der Waals surface area contributed by atoms with E-state index in [9.17, 15) is 9.18 Å². The Balaban J connectivity index is 2.64. The van der Waals surface area contributed by atoms with E-state index < -0.39 is 17.2 Å². The van der Waals surface area contributed by atoms with Crippen LogP contribution in [0, 0.1) is 5.82 Å². The van der Waals surface area contributed by atoms with Crippen molar-refractivity contribution in [1.82, 2.24) is 0 Å². The molecule has 1 aromatic carbocycles. The first-order chi connectivity index (χ1) is 7.53. The van der Waals surface area contributed by atoms with Gasteiger partial charge in [0, 0.05) is 5.56 Å². The summed E-state index contributed by atoms with van der Waals surface area (Å²) in [5, 5.41) is 9.36. The van der Waals surface area contributed by atoms with E-state index in [0.29, 0.717) is 12.8 Å². The third kappa shape index (κ3) is 1.45. The largest absolute Gasteiger partial charge is 0.495 e. The van der Waals surface area contributed by atoms with Crippen LogP contribution >= 0.6 is 11.6 Å². The zero-order valence-electron chi connectivity index (χ0n) is 8.59. The summed E-state index contributed by atoms with van der Waals surface area (Å²) in [6.07, 6.45) is 0.825. The quantitative estimate of drug-likeness (QED) is 0.889. The van der Waals surface area contributed by atoms with E-state index in [0.717, 1.165) is 0 Å². The molecule has 86 valence electrons. The second-order valence-corrected chi connectivity index (χ2v) is 4.23. The molecule has 0 bridgehead atoms. The Bertz CT molecular complexity index is 455. The van der Waals surface area contributed by atoms with E-state index in [-0.39, 0.29) is 16.3 Å². The van der Waals surface area contributed by atoms with Crippen molar-refractivity contribution in [3.8, 4) is 5.75 Å². The van der Waals surface area contributed by atoms with Gasteiger partial charge in [0.2, 0.25) is 0 Å². The van der Waals surface area contributed by atoms with Gasteiger partial charge in [-0.15, -0.1) is 0 Å². The molecule has 1 saturated carbocycles. The Labute approximate surface area is 96.8 Å². The first-order valence-electron chi connectivity index (χ1n) is 4.79. The third-order valence-electron chi connectivity index (χ3n) is 2.90. The Morgan fingerprint density at radius 3 is 2.62 bits per heavy atom. The minimum Gasteiger partial charge on any atom is -0.495 e. The smallest absolute Gasteiger partial charge is 0.314 e. The zero-order chi connectivity index (χ0) is 11.9. The highest BCUT2D eigenvalue weighted by atomic mass is 35.5. The minimum atomic E-state index is -1.15. The molecule has 1 aromatic rings. The van der Waals surface area contributed by atoms with Crippen LogP contribution in [-0.2, 0) is 10.2 Å². The fraction of sp³-hybridized carbons (Fsp3) is 0.364. The van der Waals surface area contributed by atoms with Gasteiger partial charge in [-0.25, -0.2) is 4.39 Å². The average Bonchev–Trinajstić information content (AvgIpc) is 3.02. The summed E-state index contributed by atoms with van der Waals surface area (Å²) >= 11 is 5.86. The van der Waals surface area contributed by atoms with Crippen molar-refractivity contribution in [2.75, 3.05) is 7.11 Å². The highest BCUT2D eigenvalue weighted by Gasteiger charge is 2.55. The molecule has 0 amide bonds. The molecular weight excluding hydrogens is 235 g/mol. The lowest BCUT2D eigenvalue weighted by atomic mass is 9.94. The van der Waals surface area contributed by atoms with Crippen molar-refractivity contribution in [3.05, 3.63) is 28.5 Å². The average molecular weight is 245 g/mol. The summed E-state index contributed by atoms with van der Waals surface area (Å²) in [4.78, 5) is 11.2. The predicted molar refractivity (Wildman–Crippen MR) is 56.5 cm³/mol. The van der Waals surface area contributed by atoms with Crippen molar-refractivity contribution in [1.29, 1.82) is 0 Å². The highest BCUT2D eigenvalue weighted by molar-refractivity contribution is 6.32. The molecule has 3 nitrogen and oxygen atoms in total. The molecule has 0 aliphatic heterocycles. The van der Waals surface area contributed by atoms with Gasteiger partial charge >= 0.3 is 5.97 Å². The monoisotopic (exact) mass is 244 g/mol. The first-order valence-corrected chi connectivity index (χ1v) is 5.16.